The largest absolute Gasteiger partial charge is 0.444 e. The summed E-state index contributed by atoms with van der Waals surface area (Å²) in [6, 6.07) is 11.6. The number of hydrogen-bond acceptors (Lipinski definition) is 4. The molecule has 0 atom stereocenters. The van der Waals surface area contributed by atoms with E-state index in [0.29, 0.717) is 18.5 Å². The molecule has 1 aromatic heterocycles. The van der Waals surface area contributed by atoms with Crippen molar-refractivity contribution in [2.45, 2.75) is 44.8 Å². The lowest BCUT2D eigenvalue weighted by Crippen LogP contribution is -2.58. The Hall–Kier alpha value is -3.29. The maximum absolute atomic E-state index is 13.2. The molecular formula is C20H24N4O4. The van der Waals surface area contributed by atoms with Crippen molar-refractivity contribution >= 4 is 23.7 Å². The van der Waals surface area contributed by atoms with Gasteiger partial charge in [0.2, 0.25) is 0 Å². The fraction of sp³-hybridized carbons (Fsp3) is 0.350. The summed E-state index contributed by atoms with van der Waals surface area (Å²) in [7, 11) is 0. The van der Waals surface area contributed by atoms with E-state index in [2.05, 4.69) is 10.6 Å². The molecule has 1 fully saturated rings. The van der Waals surface area contributed by atoms with Crippen LogP contribution in [0.15, 0.2) is 54.9 Å². The van der Waals surface area contributed by atoms with Crippen molar-refractivity contribution in [1.82, 2.24) is 9.99 Å². The highest BCUT2D eigenvalue weighted by Crippen LogP contribution is 2.37. The third kappa shape index (κ3) is 4.51. The highest BCUT2D eigenvalue weighted by Gasteiger charge is 2.55. The Morgan fingerprint density at radius 3 is 2.18 bits per heavy atom. The predicted octanol–water partition coefficient (Wildman–Crippen LogP) is 3.24. The van der Waals surface area contributed by atoms with Gasteiger partial charge in [0.05, 0.1) is 0 Å². The van der Waals surface area contributed by atoms with Gasteiger partial charge in [-0.15, -0.1) is 0 Å². The molecular weight excluding hydrogens is 360 g/mol. The van der Waals surface area contributed by atoms with Crippen LogP contribution in [0, 0.1) is 0 Å². The van der Waals surface area contributed by atoms with Gasteiger partial charge < -0.3 is 15.4 Å². The molecule has 148 valence electrons. The van der Waals surface area contributed by atoms with Gasteiger partial charge in [-0.3, -0.25) is 9.47 Å². The SMILES string of the molecule is CC(C)(C)OC(=O)NC1(C(=O)N(C(=O)Nc2ccccc2)n2cccc2)CC1. The molecule has 0 aliphatic heterocycles. The van der Waals surface area contributed by atoms with Crippen LogP contribution in [0.25, 0.3) is 0 Å². The van der Waals surface area contributed by atoms with Gasteiger partial charge in [-0.25, -0.2) is 9.59 Å². The number of amides is 4. The van der Waals surface area contributed by atoms with Crippen LogP contribution in [-0.4, -0.2) is 33.8 Å². The Bertz CT molecular complexity index is 852. The molecule has 1 aromatic carbocycles. The van der Waals surface area contributed by atoms with Crippen LogP contribution in [0.1, 0.15) is 33.6 Å². The maximum atomic E-state index is 13.2. The second-order valence-corrected chi connectivity index (χ2v) is 7.69. The van der Waals surface area contributed by atoms with E-state index >= 15 is 0 Å². The van der Waals surface area contributed by atoms with Crippen LogP contribution in [-0.2, 0) is 9.53 Å². The van der Waals surface area contributed by atoms with Crippen molar-refractivity contribution in [1.29, 1.82) is 0 Å². The number of benzene rings is 1. The molecule has 1 aliphatic rings. The topological polar surface area (TPSA) is 92.7 Å². The zero-order chi connectivity index (χ0) is 20.4. The molecule has 8 nitrogen and oxygen atoms in total. The van der Waals surface area contributed by atoms with Gasteiger partial charge >= 0.3 is 12.1 Å². The van der Waals surface area contributed by atoms with Crippen LogP contribution in [0.2, 0.25) is 0 Å². The lowest BCUT2D eigenvalue weighted by atomic mass is 10.2. The number of carbonyl (C=O) groups is 3. The minimum absolute atomic E-state index is 0.432. The molecule has 1 heterocycles. The Balaban J connectivity index is 1.80. The second kappa shape index (κ2) is 7.38. The fourth-order valence-electron chi connectivity index (χ4n) is 2.68. The minimum atomic E-state index is -1.15. The maximum Gasteiger partial charge on any atom is 0.408 e. The average molecular weight is 384 g/mol. The number of carbonyl (C=O) groups excluding carboxylic acids is 3. The summed E-state index contributed by atoms with van der Waals surface area (Å²) in [5, 5.41) is 6.33. The summed E-state index contributed by atoms with van der Waals surface area (Å²) < 4.78 is 6.65. The van der Waals surface area contributed by atoms with Crippen molar-refractivity contribution in [3.63, 3.8) is 0 Å². The number of imide groups is 1. The van der Waals surface area contributed by atoms with Crippen molar-refractivity contribution in [3.05, 3.63) is 54.9 Å². The molecule has 0 saturated heterocycles. The van der Waals surface area contributed by atoms with Crippen molar-refractivity contribution in [2.75, 3.05) is 10.3 Å². The first kappa shape index (κ1) is 19.5. The van der Waals surface area contributed by atoms with Crippen molar-refractivity contribution < 1.29 is 19.1 Å². The summed E-state index contributed by atoms with van der Waals surface area (Å²) in [6.07, 6.45) is 3.36. The first-order valence-corrected chi connectivity index (χ1v) is 9.05. The van der Waals surface area contributed by atoms with E-state index in [1.807, 2.05) is 6.07 Å². The fourth-order valence-corrected chi connectivity index (χ4v) is 2.68. The number of alkyl carbamates (subject to hydrolysis) is 1. The Morgan fingerprint density at radius 2 is 1.64 bits per heavy atom. The average Bonchev–Trinajstić information content (AvgIpc) is 3.18. The molecule has 2 N–H and O–H groups in total. The van der Waals surface area contributed by atoms with Crippen molar-refractivity contribution in [3.8, 4) is 0 Å². The number of nitrogens with one attached hydrogen (secondary N) is 2. The van der Waals surface area contributed by atoms with E-state index in [9.17, 15) is 14.4 Å². The summed E-state index contributed by atoms with van der Waals surface area (Å²) >= 11 is 0. The highest BCUT2D eigenvalue weighted by atomic mass is 16.6. The van der Waals surface area contributed by atoms with Crippen LogP contribution in [0.4, 0.5) is 15.3 Å². The van der Waals surface area contributed by atoms with Gasteiger partial charge in [0.1, 0.15) is 11.1 Å². The van der Waals surface area contributed by atoms with Gasteiger partial charge in [0, 0.05) is 18.1 Å². The van der Waals surface area contributed by atoms with E-state index in [0.717, 1.165) is 5.01 Å². The van der Waals surface area contributed by atoms with Gasteiger partial charge in [-0.1, -0.05) is 18.2 Å². The number of urea groups is 1. The number of para-hydroxylation sites is 1. The highest BCUT2D eigenvalue weighted by molar-refractivity contribution is 6.17. The lowest BCUT2D eigenvalue weighted by molar-refractivity contribution is -0.122. The van der Waals surface area contributed by atoms with E-state index in [4.69, 9.17) is 4.74 Å². The molecule has 0 unspecified atom stereocenters. The smallest absolute Gasteiger partial charge is 0.408 e. The molecule has 8 heteroatoms. The third-order valence-corrected chi connectivity index (χ3v) is 4.13. The predicted molar refractivity (Wildman–Crippen MR) is 104 cm³/mol. The lowest BCUT2D eigenvalue weighted by Gasteiger charge is -2.28. The summed E-state index contributed by atoms with van der Waals surface area (Å²) in [6.45, 7) is 5.23. The van der Waals surface area contributed by atoms with Crippen LogP contribution >= 0.6 is 0 Å². The van der Waals surface area contributed by atoms with E-state index in [-0.39, 0.29) is 0 Å². The van der Waals surface area contributed by atoms with Gasteiger partial charge in [-0.2, -0.15) is 5.01 Å². The molecule has 3 rings (SSSR count). The first-order valence-electron chi connectivity index (χ1n) is 9.05. The molecule has 0 radical (unpaired) electrons. The molecule has 2 aromatic rings. The summed E-state index contributed by atoms with van der Waals surface area (Å²) in [4.78, 5) is 38.3. The van der Waals surface area contributed by atoms with E-state index in [1.165, 1.54) is 4.68 Å². The monoisotopic (exact) mass is 384 g/mol. The zero-order valence-corrected chi connectivity index (χ0v) is 16.1. The Morgan fingerprint density at radius 1 is 1.04 bits per heavy atom. The molecule has 28 heavy (non-hydrogen) atoms. The minimum Gasteiger partial charge on any atom is -0.444 e. The normalized spacial score (nSPS) is 14.7. The quantitative estimate of drug-likeness (QED) is 0.846. The number of aromatic nitrogens is 1. The molecule has 4 amide bonds. The summed E-state index contributed by atoms with van der Waals surface area (Å²) in [5.41, 5.74) is -1.28. The molecule has 0 spiro atoms. The number of ether oxygens (including phenoxy) is 1. The standard InChI is InChI=1S/C20H24N4O4/c1-19(2,3)28-18(27)22-20(11-12-20)16(25)24(23-13-7-8-14-23)17(26)21-15-9-5-4-6-10-15/h4-10,13-14H,11-12H2,1-3H3,(H,21,26)(H,22,27). The molecule has 1 aliphatic carbocycles. The molecule has 0 bridgehead atoms. The van der Waals surface area contributed by atoms with Crippen LogP contribution < -0.4 is 15.6 Å². The number of anilines is 1. The van der Waals surface area contributed by atoms with Gasteiger partial charge in [0.15, 0.2) is 0 Å². The number of hydrogen-bond donors (Lipinski definition) is 2. The zero-order valence-electron chi connectivity index (χ0n) is 16.1. The van der Waals surface area contributed by atoms with E-state index < -0.39 is 29.2 Å². The van der Waals surface area contributed by atoms with Gasteiger partial charge in [-0.05, 0) is 57.9 Å². The first-order chi connectivity index (χ1) is 13.2. The number of nitrogens with zero attached hydrogens (tertiary/aromatic N) is 2. The second-order valence-electron chi connectivity index (χ2n) is 7.69. The Labute approximate surface area is 163 Å². The van der Waals surface area contributed by atoms with E-state index in [1.54, 1.807) is 69.6 Å². The van der Waals surface area contributed by atoms with Crippen LogP contribution in [0.3, 0.4) is 0 Å². The third-order valence-electron chi connectivity index (χ3n) is 4.13. The number of rotatable bonds is 4. The Kier molecular flexibility index (Phi) is 5.13. The summed E-state index contributed by atoms with van der Waals surface area (Å²) in [5.74, 6) is -0.525. The molecule has 1 saturated carbocycles. The van der Waals surface area contributed by atoms with Gasteiger partial charge in [0.25, 0.3) is 5.91 Å². The van der Waals surface area contributed by atoms with Crippen LogP contribution in [0.5, 0.6) is 0 Å². The van der Waals surface area contributed by atoms with Crippen molar-refractivity contribution in [2.24, 2.45) is 0 Å².